The zero-order chi connectivity index (χ0) is 23.8. The number of nitrogens with zero attached hydrogens (tertiary/aromatic N) is 1. The van der Waals surface area contributed by atoms with Gasteiger partial charge < -0.3 is 24.2 Å². The molecule has 0 radical (unpaired) electrons. The number of hydrogen-bond donors (Lipinski definition) is 1. The molecule has 0 spiro atoms. The summed E-state index contributed by atoms with van der Waals surface area (Å²) in [6.45, 7) is 3.55. The third kappa shape index (κ3) is 5.67. The average Bonchev–Trinajstić information content (AvgIpc) is 2.85. The fourth-order valence-corrected chi connectivity index (χ4v) is 4.17. The first-order valence-corrected chi connectivity index (χ1v) is 11.3. The molecule has 0 aromatic heterocycles. The molecule has 176 valence electrons. The second-order valence-electron chi connectivity index (χ2n) is 8.40. The molecular formula is C28H35NO4. The van der Waals surface area contributed by atoms with Crippen LogP contribution in [0.5, 0.6) is 17.2 Å². The molecule has 0 aliphatic rings. The summed E-state index contributed by atoms with van der Waals surface area (Å²) in [5.74, 6) is 2.16. The van der Waals surface area contributed by atoms with E-state index in [1.54, 1.807) is 14.2 Å². The molecule has 0 heterocycles. The highest BCUT2D eigenvalue weighted by Gasteiger charge is 2.40. The first-order valence-electron chi connectivity index (χ1n) is 11.3. The fraction of sp³-hybridized carbons (Fsp3) is 0.357. The summed E-state index contributed by atoms with van der Waals surface area (Å²) in [6, 6.07) is 23.4. The Morgan fingerprint density at radius 3 is 1.64 bits per heavy atom. The van der Waals surface area contributed by atoms with Crippen molar-refractivity contribution in [1.29, 1.82) is 0 Å². The van der Waals surface area contributed by atoms with Crippen LogP contribution in [0.1, 0.15) is 36.0 Å². The Morgan fingerprint density at radius 2 is 1.21 bits per heavy atom. The molecule has 3 rings (SSSR count). The molecule has 0 saturated carbocycles. The predicted octanol–water partition coefficient (Wildman–Crippen LogP) is 5.07. The zero-order valence-electron chi connectivity index (χ0n) is 20.2. The molecule has 0 bridgehead atoms. The van der Waals surface area contributed by atoms with Gasteiger partial charge in [0.25, 0.3) is 0 Å². The van der Waals surface area contributed by atoms with Crippen LogP contribution in [-0.4, -0.2) is 51.5 Å². The molecule has 3 aromatic rings. The Hall–Kier alpha value is -3.02. The summed E-state index contributed by atoms with van der Waals surface area (Å²) in [5, 5.41) is 12.4. The third-order valence-corrected chi connectivity index (χ3v) is 6.06. The molecule has 3 aromatic carbocycles. The number of rotatable bonds is 11. The van der Waals surface area contributed by atoms with E-state index in [9.17, 15) is 5.11 Å². The lowest BCUT2D eigenvalue weighted by Crippen LogP contribution is -2.34. The summed E-state index contributed by atoms with van der Waals surface area (Å²) in [4.78, 5) is 2.08. The van der Waals surface area contributed by atoms with E-state index in [1.807, 2.05) is 86.9 Å². The van der Waals surface area contributed by atoms with E-state index in [0.717, 1.165) is 46.9 Å². The van der Waals surface area contributed by atoms with E-state index in [2.05, 4.69) is 11.8 Å². The van der Waals surface area contributed by atoms with Crippen molar-refractivity contribution in [2.45, 2.75) is 24.9 Å². The Labute approximate surface area is 197 Å². The fourth-order valence-electron chi connectivity index (χ4n) is 4.17. The Morgan fingerprint density at radius 1 is 0.758 bits per heavy atom. The predicted molar refractivity (Wildman–Crippen MR) is 133 cm³/mol. The van der Waals surface area contributed by atoms with Crippen molar-refractivity contribution < 1.29 is 19.3 Å². The SMILES string of the molecule is CCC(c1ccc(OC)cc1)C(O)(c1ccc(OC)cc1)c1ccc(OCCN(C)C)cc1. The second kappa shape index (κ2) is 11.2. The average molecular weight is 450 g/mol. The standard InChI is InChI=1S/C28H35NO4/c1-6-27(21-7-13-24(31-4)14-8-21)28(30,22-9-15-25(32-5)16-10-22)23-11-17-26(18-12-23)33-20-19-29(2)3/h7-18,27,30H,6,19-20H2,1-5H3. The highest BCUT2D eigenvalue weighted by Crippen LogP contribution is 2.45. The summed E-state index contributed by atoms with van der Waals surface area (Å²) >= 11 is 0. The van der Waals surface area contributed by atoms with Crippen LogP contribution in [0.2, 0.25) is 0 Å². The molecule has 33 heavy (non-hydrogen) atoms. The van der Waals surface area contributed by atoms with E-state index in [-0.39, 0.29) is 5.92 Å². The molecule has 1 N–H and O–H groups in total. The number of methoxy groups -OCH3 is 2. The maximum atomic E-state index is 12.4. The Kier molecular flexibility index (Phi) is 8.37. The lowest BCUT2D eigenvalue weighted by Gasteiger charge is -2.37. The number of benzene rings is 3. The minimum absolute atomic E-state index is 0.169. The second-order valence-corrected chi connectivity index (χ2v) is 8.40. The van der Waals surface area contributed by atoms with Gasteiger partial charge in [-0.25, -0.2) is 0 Å². The summed E-state index contributed by atoms with van der Waals surface area (Å²) < 4.78 is 16.5. The topological polar surface area (TPSA) is 51.2 Å². The maximum absolute atomic E-state index is 12.4. The van der Waals surface area contributed by atoms with Crippen LogP contribution in [0, 0.1) is 0 Å². The van der Waals surface area contributed by atoms with Crippen molar-refractivity contribution in [3.05, 3.63) is 89.5 Å². The van der Waals surface area contributed by atoms with Crippen LogP contribution in [0.4, 0.5) is 0 Å². The largest absolute Gasteiger partial charge is 0.497 e. The van der Waals surface area contributed by atoms with Gasteiger partial charge in [0.1, 0.15) is 29.5 Å². The molecule has 0 aliphatic carbocycles. The van der Waals surface area contributed by atoms with Crippen LogP contribution in [-0.2, 0) is 5.60 Å². The minimum atomic E-state index is -1.24. The van der Waals surface area contributed by atoms with Crippen molar-refractivity contribution in [2.75, 3.05) is 41.5 Å². The smallest absolute Gasteiger partial charge is 0.121 e. The molecule has 5 heteroatoms. The van der Waals surface area contributed by atoms with Gasteiger partial charge in [0.05, 0.1) is 14.2 Å². The summed E-state index contributed by atoms with van der Waals surface area (Å²) in [5.41, 5.74) is 1.43. The van der Waals surface area contributed by atoms with Gasteiger partial charge in [0, 0.05) is 12.5 Å². The molecular weight excluding hydrogens is 414 g/mol. The molecule has 0 saturated heterocycles. The monoisotopic (exact) mass is 449 g/mol. The number of likely N-dealkylation sites (N-methyl/N-ethyl adjacent to an activating group) is 1. The van der Waals surface area contributed by atoms with Gasteiger partial charge in [-0.3, -0.25) is 0 Å². The van der Waals surface area contributed by atoms with E-state index in [1.165, 1.54) is 0 Å². The number of hydrogen-bond acceptors (Lipinski definition) is 5. The van der Waals surface area contributed by atoms with Gasteiger partial charge in [0.2, 0.25) is 0 Å². The lowest BCUT2D eigenvalue weighted by atomic mass is 9.72. The van der Waals surface area contributed by atoms with E-state index >= 15 is 0 Å². The number of aliphatic hydroxyl groups is 1. The van der Waals surface area contributed by atoms with Crippen molar-refractivity contribution in [3.63, 3.8) is 0 Å². The van der Waals surface area contributed by atoms with Gasteiger partial charge in [-0.15, -0.1) is 0 Å². The van der Waals surface area contributed by atoms with E-state index < -0.39 is 5.60 Å². The Bertz CT molecular complexity index is 984. The number of ether oxygens (including phenoxy) is 3. The third-order valence-electron chi connectivity index (χ3n) is 6.06. The first-order chi connectivity index (χ1) is 15.9. The van der Waals surface area contributed by atoms with Gasteiger partial charge >= 0.3 is 0 Å². The van der Waals surface area contributed by atoms with Gasteiger partial charge in [-0.1, -0.05) is 43.3 Å². The summed E-state index contributed by atoms with van der Waals surface area (Å²) in [6.07, 6.45) is 0.746. The van der Waals surface area contributed by atoms with Gasteiger partial charge in [0.15, 0.2) is 0 Å². The maximum Gasteiger partial charge on any atom is 0.121 e. The van der Waals surface area contributed by atoms with Crippen LogP contribution in [0.25, 0.3) is 0 Å². The highest BCUT2D eigenvalue weighted by atomic mass is 16.5. The van der Waals surface area contributed by atoms with Gasteiger partial charge in [-0.05, 0) is 73.6 Å². The van der Waals surface area contributed by atoms with Gasteiger partial charge in [-0.2, -0.15) is 0 Å². The van der Waals surface area contributed by atoms with E-state index in [4.69, 9.17) is 14.2 Å². The van der Waals surface area contributed by atoms with Crippen molar-refractivity contribution in [3.8, 4) is 17.2 Å². The minimum Gasteiger partial charge on any atom is -0.497 e. The molecule has 5 nitrogen and oxygen atoms in total. The van der Waals surface area contributed by atoms with Crippen LogP contribution >= 0.6 is 0 Å². The molecule has 0 fully saturated rings. The lowest BCUT2D eigenvalue weighted by molar-refractivity contribution is 0.0475. The molecule has 2 atom stereocenters. The van der Waals surface area contributed by atoms with E-state index in [0.29, 0.717) is 6.61 Å². The summed E-state index contributed by atoms with van der Waals surface area (Å²) in [7, 11) is 7.33. The molecule has 0 amide bonds. The zero-order valence-corrected chi connectivity index (χ0v) is 20.2. The van der Waals surface area contributed by atoms with Crippen LogP contribution < -0.4 is 14.2 Å². The first kappa shape index (κ1) is 24.6. The van der Waals surface area contributed by atoms with Crippen LogP contribution in [0.15, 0.2) is 72.8 Å². The van der Waals surface area contributed by atoms with Crippen LogP contribution in [0.3, 0.4) is 0 Å². The highest BCUT2D eigenvalue weighted by molar-refractivity contribution is 5.45. The molecule has 2 unspecified atom stereocenters. The van der Waals surface area contributed by atoms with Crippen molar-refractivity contribution in [1.82, 2.24) is 4.90 Å². The quantitative estimate of drug-likeness (QED) is 0.443. The van der Waals surface area contributed by atoms with Crippen molar-refractivity contribution >= 4 is 0 Å². The molecule has 0 aliphatic heterocycles. The van der Waals surface area contributed by atoms with Crippen molar-refractivity contribution in [2.24, 2.45) is 0 Å². The normalized spacial score (nSPS) is 13.9. The Balaban J connectivity index is 2.02.